The molecule has 0 amide bonds. The van der Waals surface area contributed by atoms with Gasteiger partial charge in [0, 0.05) is 36.5 Å². The zero-order valence-corrected chi connectivity index (χ0v) is 25.0. The molecular formula is C28H27BrN4O7S. The lowest BCUT2D eigenvalue weighted by Gasteiger charge is -2.30. The van der Waals surface area contributed by atoms with Gasteiger partial charge in [-0.3, -0.25) is 19.5 Å². The van der Waals surface area contributed by atoms with Crippen molar-refractivity contribution in [1.82, 2.24) is 4.57 Å². The Labute approximate surface area is 247 Å². The standard InChI is InChI=1S/C28H27BrN4O7S/c1-4-40-27(35)24-16(2)30-28-32(25(24)17-5-8-22(38-3)20(29)14-17)26(34)23(41-28)15-18-13-19(33(36)37)6-7-21(18)31-9-11-39-12-10-31/h5-8,13-15,25H,4,9-12H2,1-3H3/b23-15+/t25-/m1/s1. The highest BCUT2D eigenvalue weighted by Crippen LogP contribution is 2.35. The fourth-order valence-corrected chi connectivity index (χ4v) is 6.56. The van der Waals surface area contributed by atoms with Gasteiger partial charge in [-0.25, -0.2) is 9.79 Å². The summed E-state index contributed by atoms with van der Waals surface area (Å²) in [4.78, 5) is 45.5. The van der Waals surface area contributed by atoms with Gasteiger partial charge < -0.3 is 19.1 Å². The van der Waals surface area contributed by atoms with Crippen molar-refractivity contribution >= 4 is 50.7 Å². The van der Waals surface area contributed by atoms with Crippen molar-refractivity contribution in [1.29, 1.82) is 0 Å². The summed E-state index contributed by atoms with van der Waals surface area (Å²) in [6.07, 6.45) is 1.66. The highest BCUT2D eigenvalue weighted by Gasteiger charge is 2.34. The van der Waals surface area contributed by atoms with Crippen LogP contribution in [0.4, 0.5) is 11.4 Å². The topological polar surface area (TPSA) is 126 Å². The van der Waals surface area contributed by atoms with E-state index in [0.717, 1.165) is 17.0 Å². The molecule has 11 nitrogen and oxygen atoms in total. The van der Waals surface area contributed by atoms with Crippen molar-refractivity contribution in [2.45, 2.75) is 19.9 Å². The number of ether oxygens (including phenoxy) is 3. The van der Waals surface area contributed by atoms with Crippen molar-refractivity contribution in [3.8, 4) is 5.75 Å². The maximum absolute atomic E-state index is 14.1. The van der Waals surface area contributed by atoms with Gasteiger partial charge in [-0.15, -0.1) is 0 Å². The lowest BCUT2D eigenvalue weighted by atomic mass is 9.96. The number of thiazole rings is 1. The number of anilines is 1. The highest BCUT2D eigenvalue weighted by atomic mass is 79.9. The molecule has 13 heteroatoms. The molecule has 0 bridgehead atoms. The number of esters is 1. The van der Waals surface area contributed by atoms with E-state index in [1.54, 1.807) is 51.3 Å². The number of hydrogen-bond donors (Lipinski definition) is 0. The summed E-state index contributed by atoms with van der Waals surface area (Å²) in [5.74, 6) is 0.0362. The van der Waals surface area contributed by atoms with Crippen molar-refractivity contribution < 1.29 is 23.9 Å². The molecule has 1 fully saturated rings. The van der Waals surface area contributed by atoms with Gasteiger partial charge in [-0.05, 0) is 59.6 Å². The Morgan fingerprint density at radius 3 is 2.68 bits per heavy atom. The number of fused-ring (bicyclic) bond motifs is 1. The van der Waals surface area contributed by atoms with E-state index in [0.29, 0.717) is 62.7 Å². The number of carbonyl (C=O) groups excluding carboxylic acids is 1. The predicted octanol–water partition coefficient (Wildman–Crippen LogP) is 3.31. The van der Waals surface area contributed by atoms with Gasteiger partial charge >= 0.3 is 5.97 Å². The Hall–Kier alpha value is -3.81. The smallest absolute Gasteiger partial charge is 0.338 e. The van der Waals surface area contributed by atoms with Crippen molar-refractivity contribution in [3.05, 3.63) is 93.1 Å². The number of rotatable bonds is 7. The molecule has 2 aliphatic rings. The first-order chi connectivity index (χ1) is 19.7. The third-order valence-electron chi connectivity index (χ3n) is 6.87. The van der Waals surface area contributed by atoms with Gasteiger partial charge in [-0.1, -0.05) is 17.4 Å². The number of morpholine rings is 1. The van der Waals surface area contributed by atoms with Gasteiger partial charge in [0.15, 0.2) is 4.80 Å². The predicted molar refractivity (Wildman–Crippen MR) is 157 cm³/mol. The molecule has 1 saturated heterocycles. The zero-order chi connectivity index (χ0) is 29.3. The van der Waals surface area contributed by atoms with Crippen LogP contribution >= 0.6 is 27.3 Å². The molecule has 0 spiro atoms. The van der Waals surface area contributed by atoms with E-state index in [1.807, 2.05) is 0 Å². The molecule has 0 aliphatic carbocycles. The molecule has 1 aromatic heterocycles. The number of allylic oxidation sites excluding steroid dienone is 1. The quantitative estimate of drug-likeness (QED) is 0.218. The molecule has 41 heavy (non-hydrogen) atoms. The maximum Gasteiger partial charge on any atom is 0.338 e. The van der Waals surface area contributed by atoms with Gasteiger partial charge in [-0.2, -0.15) is 0 Å². The van der Waals surface area contributed by atoms with Crippen LogP contribution in [0.25, 0.3) is 6.08 Å². The number of halogens is 1. The number of hydrogen-bond acceptors (Lipinski definition) is 10. The molecule has 2 aromatic carbocycles. The second kappa shape index (κ2) is 12.0. The lowest BCUT2D eigenvalue weighted by molar-refractivity contribution is -0.384. The minimum Gasteiger partial charge on any atom is -0.496 e. The minimum atomic E-state index is -0.807. The van der Waals surface area contributed by atoms with E-state index in [9.17, 15) is 19.7 Å². The molecule has 0 unspecified atom stereocenters. The van der Waals surface area contributed by atoms with Crippen molar-refractivity contribution in [2.75, 3.05) is 44.9 Å². The van der Waals surface area contributed by atoms with Crippen LogP contribution < -0.4 is 24.5 Å². The van der Waals surface area contributed by atoms with E-state index < -0.39 is 16.9 Å². The van der Waals surface area contributed by atoms with Crippen LogP contribution in [0.15, 0.2) is 61.9 Å². The average molecular weight is 644 g/mol. The highest BCUT2D eigenvalue weighted by molar-refractivity contribution is 9.10. The summed E-state index contributed by atoms with van der Waals surface area (Å²) in [5, 5.41) is 11.6. The number of methoxy groups -OCH3 is 1. The van der Waals surface area contributed by atoms with Crippen LogP contribution in [0, 0.1) is 10.1 Å². The second-order valence-corrected chi connectivity index (χ2v) is 11.2. The van der Waals surface area contributed by atoms with Crippen LogP contribution in [0.2, 0.25) is 0 Å². The first-order valence-electron chi connectivity index (χ1n) is 12.9. The van der Waals surface area contributed by atoms with Crippen LogP contribution in [0.5, 0.6) is 5.75 Å². The Balaban J connectivity index is 1.72. The van der Waals surface area contributed by atoms with Crippen LogP contribution in [-0.2, 0) is 14.3 Å². The molecule has 0 radical (unpaired) electrons. The third kappa shape index (κ3) is 5.56. The Morgan fingerprint density at radius 1 is 1.27 bits per heavy atom. The number of carbonyl (C=O) groups is 1. The molecule has 1 atom stereocenters. The number of non-ortho nitro benzene ring substituents is 1. The maximum atomic E-state index is 14.1. The SMILES string of the molecule is CCOC(=O)C1=C(C)N=c2s/c(=C/c3cc([N+](=O)[O-])ccc3N3CCOCC3)c(=O)n2[C@@H]1c1ccc(OC)c(Br)c1. The van der Waals surface area contributed by atoms with Crippen molar-refractivity contribution in [3.63, 3.8) is 0 Å². The van der Waals surface area contributed by atoms with Crippen molar-refractivity contribution in [2.24, 2.45) is 4.99 Å². The van der Waals surface area contributed by atoms with Gasteiger partial charge in [0.2, 0.25) is 0 Å². The lowest BCUT2D eigenvalue weighted by Crippen LogP contribution is -2.40. The largest absolute Gasteiger partial charge is 0.496 e. The number of aromatic nitrogens is 1. The minimum absolute atomic E-state index is 0.0811. The summed E-state index contributed by atoms with van der Waals surface area (Å²) in [5.41, 5.74) is 2.21. The van der Waals surface area contributed by atoms with E-state index >= 15 is 0 Å². The molecule has 214 valence electrons. The van der Waals surface area contributed by atoms with E-state index in [-0.39, 0.29) is 23.4 Å². The Bertz CT molecular complexity index is 1740. The number of nitro benzene ring substituents is 1. The van der Waals surface area contributed by atoms with Crippen LogP contribution in [0.3, 0.4) is 0 Å². The Kier molecular flexibility index (Phi) is 8.38. The zero-order valence-electron chi connectivity index (χ0n) is 22.6. The molecular weight excluding hydrogens is 616 g/mol. The first-order valence-corrected chi connectivity index (χ1v) is 14.5. The number of nitro groups is 1. The fourth-order valence-electron chi connectivity index (χ4n) is 4.96. The van der Waals surface area contributed by atoms with E-state index in [1.165, 1.54) is 16.7 Å². The summed E-state index contributed by atoms with van der Waals surface area (Å²) in [7, 11) is 1.55. The average Bonchev–Trinajstić information content (AvgIpc) is 3.26. The van der Waals surface area contributed by atoms with Crippen LogP contribution in [-0.4, -0.2) is 55.5 Å². The van der Waals surface area contributed by atoms with Crippen LogP contribution in [0.1, 0.15) is 31.0 Å². The summed E-state index contributed by atoms with van der Waals surface area (Å²) in [6.45, 7) is 5.90. The fraction of sp³-hybridized carbons (Fsp3) is 0.321. The number of nitrogens with zero attached hydrogens (tertiary/aromatic N) is 4. The van der Waals surface area contributed by atoms with Gasteiger partial charge in [0.05, 0.1) is 58.2 Å². The van der Waals surface area contributed by atoms with Gasteiger partial charge in [0.25, 0.3) is 11.2 Å². The number of benzene rings is 2. The van der Waals surface area contributed by atoms with E-state index in [4.69, 9.17) is 14.2 Å². The Morgan fingerprint density at radius 2 is 2.02 bits per heavy atom. The van der Waals surface area contributed by atoms with Gasteiger partial charge in [0.1, 0.15) is 5.75 Å². The molecule has 5 rings (SSSR count). The molecule has 2 aliphatic heterocycles. The molecule has 3 heterocycles. The molecule has 0 saturated carbocycles. The normalized spacial score (nSPS) is 17.2. The summed E-state index contributed by atoms with van der Waals surface area (Å²) < 4.78 is 18.7. The monoisotopic (exact) mass is 642 g/mol. The second-order valence-electron chi connectivity index (χ2n) is 9.30. The summed E-state index contributed by atoms with van der Waals surface area (Å²) >= 11 is 4.67. The first kappa shape index (κ1) is 28.7. The third-order valence-corrected chi connectivity index (χ3v) is 8.47. The van der Waals surface area contributed by atoms with E-state index in [2.05, 4.69) is 25.8 Å². The molecule has 0 N–H and O–H groups in total. The summed E-state index contributed by atoms with van der Waals surface area (Å²) in [6, 6.07) is 9.17. The molecule has 3 aromatic rings.